The molecule has 0 aromatic carbocycles. The van der Waals surface area contributed by atoms with E-state index in [0.29, 0.717) is 0 Å². The van der Waals surface area contributed by atoms with Gasteiger partial charge in [-0.3, -0.25) is 0 Å². The second-order valence-electron chi connectivity index (χ2n) is 3.73. The number of thiazole rings is 1. The first kappa shape index (κ1) is 11.0. The van der Waals surface area contributed by atoms with Crippen molar-refractivity contribution in [2.45, 2.75) is 39.2 Å². The summed E-state index contributed by atoms with van der Waals surface area (Å²) in [7, 11) is 0. The molecule has 1 heterocycles. The first-order valence-corrected chi connectivity index (χ1v) is 6.10. The van der Waals surface area contributed by atoms with Crippen LogP contribution in [0.2, 0.25) is 0 Å². The average Bonchev–Trinajstić information content (AvgIpc) is 2.34. The van der Waals surface area contributed by atoms with E-state index in [1.165, 1.54) is 6.42 Å². The summed E-state index contributed by atoms with van der Waals surface area (Å²) in [5.41, 5.74) is 0.145. The van der Waals surface area contributed by atoms with Crippen molar-refractivity contribution < 1.29 is 0 Å². The van der Waals surface area contributed by atoms with Crippen LogP contribution in [0.3, 0.4) is 0 Å². The van der Waals surface area contributed by atoms with Gasteiger partial charge in [0.05, 0.1) is 0 Å². The molecule has 1 N–H and O–H groups in total. The van der Waals surface area contributed by atoms with E-state index in [-0.39, 0.29) is 5.54 Å². The summed E-state index contributed by atoms with van der Waals surface area (Å²) < 4.78 is 0.910. The SMILES string of the molecule is CCCC(C)(C)Nc1nc(Br)cs1. The van der Waals surface area contributed by atoms with E-state index in [4.69, 9.17) is 0 Å². The summed E-state index contributed by atoms with van der Waals surface area (Å²) in [5.74, 6) is 0. The number of halogens is 1. The van der Waals surface area contributed by atoms with Gasteiger partial charge in [-0.2, -0.15) is 0 Å². The van der Waals surface area contributed by atoms with Crippen molar-refractivity contribution in [3.8, 4) is 0 Å². The maximum absolute atomic E-state index is 4.30. The number of nitrogens with one attached hydrogen (secondary N) is 1. The van der Waals surface area contributed by atoms with Crippen molar-refractivity contribution in [3.05, 3.63) is 9.98 Å². The zero-order chi connectivity index (χ0) is 9.90. The molecule has 74 valence electrons. The van der Waals surface area contributed by atoms with Gasteiger partial charge in [0.2, 0.25) is 0 Å². The van der Waals surface area contributed by atoms with Gasteiger partial charge in [0.25, 0.3) is 0 Å². The number of nitrogens with zero attached hydrogens (tertiary/aromatic N) is 1. The largest absolute Gasteiger partial charge is 0.357 e. The lowest BCUT2D eigenvalue weighted by molar-refractivity contribution is 0.510. The zero-order valence-electron chi connectivity index (χ0n) is 8.22. The van der Waals surface area contributed by atoms with Crippen molar-refractivity contribution in [3.63, 3.8) is 0 Å². The van der Waals surface area contributed by atoms with Gasteiger partial charge in [0, 0.05) is 10.9 Å². The fourth-order valence-corrected chi connectivity index (χ4v) is 2.61. The van der Waals surface area contributed by atoms with E-state index in [1.807, 2.05) is 5.38 Å². The van der Waals surface area contributed by atoms with E-state index >= 15 is 0 Å². The minimum atomic E-state index is 0.145. The quantitative estimate of drug-likeness (QED) is 0.891. The molecule has 0 aliphatic carbocycles. The maximum Gasteiger partial charge on any atom is 0.184 e. The van der Waals surface area contributed by atoms with Crippen molar-refractivity contribution in [2.75, 3.05) is 5.32 Å². The third-order valence-electron chi connectivity index (χ3n) is 1.80. The van der Waals surface area contributed by atoms with E-state index in [0.717, 1.165) is 16.2 Å². The summed E-state index contributed by atoms with van der Waals surface area (Å²) >= 11 is 4.97. The minimum Gasteiger partial charge on any atom is -0.357 e. The lowest BCUT2D eigenvalue weighted by atomic mass is 10.00. The highest BCUT2D eigenvalue weighted by molar-refractivity contribution is 9.10. The molecular weight excluding hydrogens is 248 g/mol. The fraction of sp³-hybridized carbons (Fsp3) is 0.667. The monoisotopic (exact) mass is 262 g/mol. The molecule has 0 saturated heterocycles. The molecule has 0 spiro atoms. The first-order chi connectivity index (χ1) is 6.03. The first-order valence-electron chi connectivity index (χ1n) is 4.43. The summed E-state index contributed by atoms with van der Waals surface area (Å²) in [6.07, 6.45) is 2.34. The van der Waals surface area contributed by atoms with Gasteiger partial charge in [-0.1, -0.05) is 13.3 Å². The Morgan fingerprint density at radius 1 is 1.62 bits per heavy atom. The van der Waals surface area contributed by atoms with Crippen molar-refractivity contribution in [2.24, 2.45) is 0 Å². The van der Waals surface area contributed by atoms with Gasteiger partial charge in [-0.25, -0.2) is 4.98 Å². The van der Waals surface area contributed by atoms with E-state index in [1.54, 1.807) is 11.3 Å². The molecule has 0 fully saturated rings. The highest BCUT2D eigenvalue weighted by Gasteiger charge is 2.17. The van der Waals surface area contributed by atoms with Gasteiger partial charge in [-0.05, 0) is 36.2 Å². The van der Waals surface area contributed by atoms with E-state index < -0.39 is 0 Å². The maximum atomic E-state index is 4.30. The summed E-state index contributed by atoms with van der Waals surface area (Å²) in [4.78, 5) is 4.30. The highest BCUT2D eigenvalue weighted by Crippen LogP contribution is 2.24. The van der Waals surface area contributed by atoms with Gasteiger partial charge in [-0.15, -0.1) is 11.3 Å². The second kappa shape index (κ2) is 4.42. The summed E-state index contributed by atoms with van der Waals surface area (Å²) in [6, 6.07) is 0. The number of rotatable bonds is 4. The van der Waals surface area contributed by atoms with Gasteiger partial charge in [0.15, 0.2) is 5.13 Å². The third-order valence-corrected chi connectivity index (χ3v) is 3.26. The van der Waals surface area contributed by atoms with Crippen LogP contribution in [0.25, 0.3) is 0 Å². The molecule has 1 aromatic rings. The average molecular weight is 263 g/mol. The number of hydrogen-bond donors (Lipinski definition) is 1. The van der Waals surface area contributed by atoms with Crippen LogP contribution in [0.5, 0.6) is 0 Å². The Labute approximate surface area is 91.9 Å². The van der Waals surface area contributed by atoms with Crippen molar-refractivity contribution >= 4 is 32.4 Å². The molecule has 1 rings (SSSR count). The van der Waals surface area contributed by atoms with Crippen LogP contribution in [0.4, 0.5) is 5.13 Å². The normalized spacial score (nSPS) is 11.7. The Morgan fingerprint density at radius 2 is 2.31 bits per heavy atom. The molecule has 4 heteroatoms. The molecule has 0 atom stereocenters. The molecule has 0 saturated carbocycles. The van der Waals surface area contributed by atoms with Crippen LogP contribution in [-0.2, 0) is 0 Å². The van der Waals surface area contributed by atoms with E-state index in [2.05, 4.69) is 47.0 Å². The molecule has 13 heavy (non-hydrogen) atoms. The number of aromatic nitrogens is 1. The lowest BCUT2D eigenvalue weighted by Crippen LogP contribution is -2.30. The molecule has 2 nitrogen and oxygen atoms in total. The number of hydrogen-bond acceptors (Lipinski definition) is 3. The Kier molecular flexibility index (Phi) is 3.74. The van der Waals surface area contributed by atoms with Crippen LogP contribution in [0, 0.1) is 0 Å². The Bertz CT molecular complexity index is 270. The van der Waals surface area contributed by atoms with E-state index in [9.17, 15) is 0 Å². The topological polar surface area (TPSA) is 24.9 Å². The minimum absolute atomic E-state index is 0.145. The Morgan fingerprint density at radius 3 is 2.77 bits per heavy atom. The van der Waals surface area contributed by atoms with Crippen LogP contribution in [0.15, 0.2) is 9.98 Å². The van der Waals surface area contributed by atoms with Crippen LogP contribution in [-0.4, -0.2) is 10.5 Å². The molecule has 0 radical (unpaired) electrons. The van der Waals surface area contributed by atoms with Crippen LogP contribution < -0.4 is 5.32 Å². The summed E-state index contributed by atoms with van der Waals surface area (Å²) in [5, 5.41) is 6.40. The fourth-order valence-electron chi connectivity index (χ4n) is 1.29. The third kappa shape index (κ3) is 3.65. The predicted octanol–water partition coefficient (Wildman–Crippen LogP) is 3.90. The smallest absolute Gasteiger partial charge is 0.184 e. The molecule has 0 unspecified atom stereocenters. The zero-order valence-corrected chi connectivity index (χ0v) is 10.6. The molecule has 0 aliphatic heterocycles. The van der Waals surface area contributed by atoms with Gasteiger partial charge < -0.3 is 5.32 Å². The molecular formula is C9H15BrN2S. The molecule has 0 bridgehead atoms. The van der Waals surface area contributed by atoms with Crippen LogP contribution in [0.1, 0.15) is 33.6 Å². The lowest BCUT2D eigenvalue weighted by Gasteiger charge is -2.25. The second-order valence-corrected chi connectivity index (χ2v) is 5.40. The highest BCUT2D eigenvalue weighted by atomic mass is 79.9. The summed E-state index contributed by atoms with van der Waals surface area (Å²) in [6.45, 7) is 6.60. The van der Waals surface area contributed by atoms with Crippen LogP contribution >= 0.6 is 27.3 Å². The van der Waals surface area contributed by atoms with Crippen molar-refractivity contribution in [1.82, 2.24) is 4.98 Å². The molecule has 0 amide bonds. The Hall–Kier alpha value is -0.0900. The Balaban J connectivity index is 2.57. The number of anilines is 1. The predicted molar refractivity (Wildman–Crippen MR) is 62.4 cm³/mol. The van der Waals surface area contributed by atoms with Gasteiger partial charge >= 0.3 is 0 Å². The molecule has 0 aliphatic rings. The van der Waals surface area contributed by atoms with Crippen molar-refractivity contribution in [1.29, 1.82) is 0 Å². The molecule has 1 aromatic heterocycles. The van der Waals surface area contributed by atoms with Gasteiger partial charge in [0.1, 0.15) is 4.60 Å². The standard InChI is InChI=1S/C9H15BrN2S/c1-4-5-9(2,3)12-8-11-7(10)6-13-8/h6H,4-5H2,1-3H3,(H,11,12).